The minimum Gasteiger partial charge on any atom is -0.218 e. The molecule has 0 aliphatic heterocycles. The highest BCUT2D eigenvalue weighted by Gasteiger charge is 2.20. The van der Waals surface area contributed by atoms with Gasteiger partial charge in [0, 0.05) is 0 Å². The second-order valence-corrected chi connectivity index (χ2v) is 8.44. The van der Waals surface area contributed by atoms with Gasteiger partial charge in [-0.25, -0.2) is 8.42 Å². The molecule has 0 fully saturated rings. The van der Waals surface area contributed by atoms with Gasteiger partial charge >= 0.3 is 0 Å². The van der Waals surface area contributed by atoms with Crippen molar-refractivity contribution in [1.29, 1.82) is 0 Å². The molecule has 0 radical (unpaired) electrons. The third kappa shape index (κ3) is 3.59. The van der Waals surface area contributed by atoms with Crippen molar-refractivity contribution in [2.45, 2.75) is 25.7 Å². The molecule has 1 aromatic rings. The Kier molecular flexibility index (Phi) is 4.17. The first-order chi connectivity index (χ1) is 7.23. The van der Waals surface area contributed by atoms with Crippen LogP contribution in [-0.2, 0) is 9.84 Å². The Labute approximate surface area is 111 Å². The summed E-state index contributed by atoms with van der Waals surface area (Å²) in [7, 11) is -3.32. The summed E-state index contributed by atoms with van der Waals surface area (Å²) in [5, 5.41) is 0. The molecule has 88 valence electrons. The molecule has 0 saturated carbocycles. The fraction of sp³-hybridized carbons (Fsp3) is 0.333. The lowest BCUT2D eigenvalue weighted by Crippen LogP contribution is -2.06. The molecule has 0 unspecified atom stereocenters. The van der Waals surface area contributed by atoms with Crippen LogP contribution in [0.25, 0.3) is 0 Å². The molecular weight excluding hydrogens is 335 g/mol. The summed E-state index contributed by atoms with van der Waals surface area (Å²) < 4.78 is 24.6. The molecule has 0 aliphatic carbocycles. The Morgan fingerprint density at radius 3 is 2.12 bits per heavy atom. The second-order valence-electron chi connectivity index (χ2n) is 4.63. The van der Waals surface area contributed by atoms with Gasteiger partial charge in [0.15, 0.2) is 0 Å². The van der Waals surface area contributed by atoms with E-state index < -0.39 is 9.84 Å². The van der Waals surface area contributed by atoms with Gasteiger partial charge in [0.05, 0.1) is 4.90 Å². The van der Waals surface area contributed by atoms with Gasteiger partial charge in [-0.15, -0.1) is 0 Å². The lowest BCUT2D eigenvalue weighted by molar-refractivity contribution is 0.543. The lowest BCUT2D eigenvalue weighted by atomic mass is 9.98. The lowest BCUT2D eigenvalue weighted by Gasteiger charge is -2.13. The topological polar surface area (TPSA) is 34.1 Å². The van der Waals surface area contributed by atoms with E-state index in [2.05, 4.69) is 0 Å². The van der Waals surface area contributed by atoms with E-state index in [4.69, 9.17) is 0 Å². The van der Waals surface area contributed by atoms with Gasteiger partial charge in [-0.3, -0.25) is 0 Å². The predicted molar refractivity (Wildman–Crippen MR) is 75.2 cm³/mol. The zero-order chi connectivity index (χ0) is 12.4. The molecule has 4 heteroatoms. The smallest absolute Gasteiger partial charge is 0.212 e. The van der Waals surface area contributed by atoms with E-state index in [1.54, 1.807) is 36.4 Å². The minimum absolute atomic E-state index is 0.141. The maximum Gasteiger partial charge on any atom is 0.212 e. The highest BCUT2D eigenvalue weighted by molar-refractivity contribution is 14.1. The molecule has 0 amide bonds. The zero-order valence-electron chi connectivity index (χ0n) is 9.57. The summed E-state index contributed by atoms with van der Waals surface area (Å²) in [6.45, 7) is 5.94. The number of hydrogen-bond donors (Lipinski definition) is 0. The maximum atomic E-state index is 12.1. The predicted octanol–water partition coefficient (Wildman–Crippen LogP) is 3.78. The van der Waals surface area contributed by atoms with Crippen LogP contribution in [0.2, 0.25) is 0 Å². The molecule has 0 bridgehead atoms. The first kappa shape index (κ1) is 13.7. The van der Waals surface area contributed by atoms with E-state index in [0.29, 0.717) is 7.81 Å². The summed E-state index contributed by atoms with van der Waals surface area (Å²) in [6, 6.07) is 8.50. The van der Waals surface area contributed by atoms with Crippen molar-refractivity contribution in [3.05, 3.63) is 39.3 Å². The Bertz CT molecular complexity index is 482. The van der Waals surface area contributed by atoms with Crippen LogP contribution >= 0.6 is 22.6 Å². The minimum atomic E-state index is -3.32. The molecule has 2 nitrogen and oxygen atoms in total. The first-order valence-electron chi connectivity index (χ1n) is 4.92. The van der Waals surface area contributed by atoms with E-state index in [9.17, 15) is 8.42 Å². The van der Waals surface area contributed by atoms with E-state index in [0.717, 1.165) is 0 Å². The number of hydrogen-bond acceptors (Lipinski definition) is 2. The highest BCUT2D eigenvalue weighted by Crippen LogP contribution is 2.29. The average molecular weight is 350 g/mol. The van der Waals surface area contributed by atoms with Gasteiger partial charge in [0.2, 0.25) is 9.84 Å². The summed E-state index contributed by atoms with van der Waals surface area (Å²) in [4.78, 5) is 0.347. The fourth-order valence-corrected chi connectivity index (χ4v) is 4.08. The van der Waals surface area contributed by atoms with Crippen LogP contribution in [0.5, 0.6) is 0 Å². The van der Waals surface area contributed by atoms with Crippen molar-refractivity contribution in [2.75, 3.05) is 0 Å². The van der Waals surface area contributed by atoms with Crippen molar-refractivity contribution >= 4 is 32.4 Å². The Morgan fingerprint density at radius 2 is 1.69 bits per heavy atom. The molecule has 0 saturated heterocycles. The monoisotopic (exact) mass is 350 g/mol. The van der Waals surface area contributed by atoms with Crippen LogP contribution in [0.3, 0.4) is 0 Å². The van der Waals surface area contributed by atoms with Crippen molar-refractivity contribution in [3.63, 3.8) is 0 Å². The summed E-state index contributed by atoms with van der Waals surface area (Å²) in [5.74, 6) is 0. The zero-order valence-corrected chi connectivity index (χ0v) is 12.5. The molecule has 1 aromatic carbocycles. The SMILES string of the molecule is CC(C)(C)/C=C(\I)S(=O)(=O)c1ccccc1. The van der Waals surface area contributed by atoms with Gasteiger partial charge in [-0.05, 0) is 40.1 Å². The normalized spacial score (nSPS) is 13.9. The van der Waals surface area contributed by atoms with Gasteiger partial charge in [0.25, 0.3) is 0 Å². The van der Waals surface area contributed by atoms with Crippen LogP contribution in [0, 0.1) is 5.41 Å². The highest BCUT2D eigenvalue weighted by atomic mass is 127. The number of allylic oxidation sites excluding steroid dienone is 1. The van der Waals surface area contributed by atoms with Crippen LogP contribution in [-0.4, -0.2) is 8.42 Å². The Balaban J connectivity index is 3.20. The van der Waals surface area contributed by atoms with E-state index in [1.807, 2.05) is 43.4 Å². The van der Waals surface area contributed by atoms with Gasteiger partial charge < -0.3 is 0 Å². The van der Waals surface area contributed by atoms with Crippen LogP contribution in [0.4, 0.5) is 0 Å². The summed E-state index contributed by atoms with van der Waals surface area (Å²) in [5.41, 5.74) is -0.141. The summed E-state index contributed by atoms with van der Waals surface area (Å²) in [6.07, 6.45) is 1.77. The molecule has 0 spiro atoms. The van der Waals surface area contributed by atoms with Gasteiger partial charge in [-0.2, -0.15) is 0 Å². The molecule has 0 aliphatic rings. The van der Waals surface area contributed by atoms with Crippen LogP contribution in [0.15, 0.2) is 44.2 Å². The van der Waals surface area contributed by atoms with Crippen molar-refractivity contribution in [3.8, 4) is 0 Å². The maximum absolute atomic E-state index is 12.1. The first-order valence-corrected chi connectivity index (χ1v) is 7.48. The molecule has 0 heterocycles. The quantitative estimate of drug-likeness (QED) is 0.761. The molecule has 0 atom stereocenters. The van der Waals surface area contributed by atoms with Gasteiger partial charge in [-0.1, -0.05) is 45.0 Å². The Hall–Kier alpha value is -0.360. The molecule has 1 rings (SSSR count). The molecule has 0 aromatic heterocycles. The molecule has 0 N–H and O–H groups in total. The standard InChI is InChI=1S/C12H15IO2S/c1-12(2,3)9-11(13)16(14,15)10-7-5-4-6-8-10/h4-9H,1-3H3/b11-9+. The van der Waals surface area contributed by atoms with Crippen molar-refractivity contribution in [1.82, 2.24) is 0 Å². The summed E-state index contributed by atoms with van der Waals surface area (Å²) >= 11 is 1.89. The molecule has 16 heavy (non-hydrogen) atoms. The van der Waals surface area contributed by atoms with Crippen LogP contribution in [0.1, 0.15) is 20.8 Å². The van der Waals surface area contributed by atoms with E-state index in [-0.39, 0.29) is 5.41 Å². The van der Waals surface area contributed by atoms with E-state index in [1.165, 1.54) is 0 Å². The van der Waals surface area contributed by atoms with Crippen molar-refractivity contribution in [2.24, 2.45) is 5.41 Å². The average Bonchev–Trinajstić information content (AvgIpc) is 2.16. The molecular formula is C12H15IO2S. The second kappa shape index (κ2) is 4.87. The largest absolute Gasteiger partial charge is 0.218 e. The fourth-order valence-electron chi connectivity index (χ4n) is 1.13. The Morgan fingerprint density at radius 1 is 1.19 bits per heavy atom. The number of sulfone groups is 1. The third-order valence-electron chi connectivity index (χ3n) is 1.86. The van der Waals surface area contributed by atoms with Crippen molar-refractivity contribution < 1.29 is 8.42 Å². The number of rotatable bonds is 2. The third-order valence-corrected chi connectivity index (χ3v) is 5.43. The van der Waals surface area contributed by atoms with Gasteiger partial charge in [0.1, 0.15) is 2.91 Å². The van der Waals surface area contributed by atoms with E-state index >= 15 is 0 Å². The number of benzene rings is 1. The number of halogens is 1. The van der Waals surface area contributed by atoms with Crippen LogP contribution < -0.4 is 0 Å².